The molecule has 0 aromatic rings. The van der Waals surface area contributed by atoms with Gasteiger partial charge in [-0.3, -0.25) is 4.79 Å². The Morgan fingerprint density at radius 1 is 1.50 bits per heavy atom. The highest BCUT2D eigenvalue weighted by molar-refractivity contribution is 5.81. The van der Waals surface area contributed by atoms with E-state index in [1.807, 2.05) is 0 Å². The molecule has 0 aliphatic heterocycles. The molecule has 0 spiro atoms. The van der Waals surface area contributed by atoms with Gasteiger partial charge in [-0.1, -0.05) is 13.5 Å². The molecule has 4 nitrogen and oxygen atoms in total. The van der Waals surface area contributed by atoms with Crippen LogP contribution in [0.2, 0.25) is 0 Å². The summed E-state index contributed by atoms with van der Waals surface area (Å²) >= 11 is 0. The zero-order valence-electron chi connectivity index (χ0n) is 7.20. The number of ether oxygens (including phenoxy) is 2. The first kappa shape index (κ1) is 10.7. The van der Waals surface area contributed by atoms with Crippen molar-refractivity contribution in [3.8, 4) is 0 Å². The number of rotatable bonds is 4. The summed E-state index contributed by atoms with van der Waals surface area (Å²) in [4.78, 5) is 21.1. The minimum Gasteiger partial charge on any atom is -0.425 e. The Bertz CT molecular complexity index is 185. The predicted octanol–water partition coefficient (Wildman–Crippen LogP) is 1.01. The van der Waals surface area contributed by atoms with Gasteiger partial charge in [0.25, 0.3) is 0 Å². The zero-order valence-corrected chi connectivity index (χ0v) is 7.20. The van der Waals surface area contributed by atoms with Crippen molar-refractivity contribution < 1.29 is 19.1 Å². The van der Waals surface area contributed by atoms with E-state index < -0.39 is 18.2 Å². The SMILES string of the molecule is C=CC(=O)OC(CC)OC(C)=O. The Balaban J connectivity index is 3.90. The average Bonchev–Trinajstić information content (AvgIpc) is 2.02. The number of hydrogen-bond donors (Lipinski definition) is 0. The Hall–Kier alpha value is -1.32. The van der Waals surface area contributed by atoms with E-state index in [0.717, 1.165) is 6.08 Å². The first-order valence-corrected chi connectivity index (χ1v) is 3.60. The second-order valence-electron chi connectivity index (χ2n) is 2.09. The van der Waals surface area contributed by atoms with Gasteiger partial charge in [0, 0.05) is 19.4 Å². The summed E-state index contributed by atoms with van der Waals surface area (Å²) < 4.78 is 9.30. The highest BCUT2D eigenvalue weighted by Crippen LogP contribution is 2.01. The largest absolute Gasteiger partial charge is 0.425 e. The minimum atomic E-state index is -0.798. The fourth-order valence-electron chi connectivity index (χ4n) is 0.553. The van der Waals surface area contributed by atoms with Crippen LogP contribution in [0.5, 0.6) is 0 Å². The lowest BCUT2D eigenvalue weighted by molar-refractivity contribution is -0.183. The monoisotopic (exact) mass is 172 g/mol. The summed E-state index contributed by atoms with van der Waals surface area (Å²) in [6.45, 7) is 6.21. The Labute approximate surface area is 71.2 Å². The molecule has 0 saturated heterocycles. The smallest absolute Gasteiger partial charge is 0.333 e. The van der Waals surface area contributed by atoms with Gasteiger partial charge in [-0.05, 0) is 0 Å². The topological polar surface area (TPSA) is 52.6 Å². The third-order valence-corrected chi connectivity index (χ3v) is 1.05. The van der Waals surface area contributed by atoms with Gasteiger partial charge in [0.05, 0.1) is 0 Å². The maximum atomic E-state index is 10.6. The van der Waals surface area contributed by atoms with Crippen molar-refractivity contribution in [3.63, 3.8) is 0 Å². The molecule has 0 saturated carbocycles. The number of hydrogen-bond acceptors (Lipinski definition) is 4. The first-order chi connectivity index (χ1) is 5.60. The summed E-state index contributed by atoms with van der Waals surface area (Å²) in [5, 5.41) is 0. The van der Waals surface area contributed by atoms with Crippen molar-refractivity contribution in [2.45, 2.75) is 26.6 Å². The molecule has 68 valence electrons. The van der Waals surface area contributed by atoms with Crippen molar-refractivity contribution in [1.29, 1.82) is 0 Å². The van der Waals surface area contributed by atoms with Gasteiger partial charge in [-0.2, -0.15) is 0 Å². The standard InChI is InChI=1S/C8H12O4/c1-4-7(10)12-8(5-2)11-6(3)9/h4,8H,1,5H2,2-3H3. The lowest BCUT2D eigenvalue weighted by Crippen LogP contribution is -2.21. The number of esters is 2. The molecule has 4 heteroatoms. The molecular formula is C8H12O4. The molecule has 0 amide bonds. The Morgan fingerprint density at radius 3 is 2.42 bits per heavy atom. The van der Waals surface area contributed by atoms with Gasteiger partial charge in [-0.25, -0.2) is 4.79 Å². The first-order valence-electron chi connectivity index (χ1n) is 3.60. The summed E-state index contributed by atoms with van der Waals surface area (Å²) in [6.07, 6.45) is 0.652. The third kappa shape index (κ3) is 4.49. The van der Waals surface area contributed by atoms with Crippen LogP contribution in [0.25, 0.3) is 0 Å². The van der Waals surface area contributed by atoms with Gasteiger partial charge in [0.1, 0.15) is 0 Å². The third-order valence-electron chi connectivity index (χ3n) is 1.05. The fourth-order valence-corrected chi connectivity index (χ4v) is 0.553. The van der Waals surface area contributed by atoms with E-state index in [4.69, 9.17) is 0 Å². The van der Waals surface area contributed by atoms with Crippen LogP contribution in [0.4, 0.5) is 0 Å². The minimum absolute atomic E-state index is 0.430. The lowest BCUT2D eigenvalue weighted by Gasteiger charge is -2.13. The molecule has 12 heavy (non-hydrogen) atoms. The molecule has 0 bridgehead atoms. The highest BCUT2D eigenvalue weighted by Gasteiger charge is 2.12. The van der Waals surface area contributed by atoms with E-state index in [9.17, 15) is 9.59 Å². The predicted molar refractivity (Wildman–Crippen MR) is 42.1 cm³/mol. The molecule has 1 unspecified atom stereocenters. The van der Waals surface area contributed by atoms with Crippen LogP contribution in [-0.4, -0.2) is 18.2 Å². The highest BCUT2D eigenvalue weighted by atomic mass is 16.7. The summed E-state index contributed by atoms with van der Waals surface area (Å²) in [7, 11) is 0. The molecule has 0 fully saturated rings. The summed E-state index contributed by atoms with van der Waals surface area (Å²) in [5.41, 5.74) is 0. The fraction of sp³-hybridized carbons (Fsp3) is 0.500. The average molecular weight is 172 g/mol. The van der Waals surface area contributed by atoms with Gasteiger partial charge < -0.3 is 9.47 Å². The van der Waals surface area contributed by atoms with Crippen LogP contribution >= 0.6 is 0 Å². The maximum Gasteiger partial charge on any atom is 0.333 e. The number of carbonyl (C=O) groups excluding carboxylic acids is 2. The van der Waals surface area contributed by atoms with Crippen LogP contribution in [0.1, 0.15) is 20.3 Å². The van der Waals surface area contributed by atoms with Crippen LogP contribution in [0.15, 0.2) is 12.7 Å². The van der Waals surface area contributed by atoms with Crippen LogP contribution in [-0.2, 0) is 19.1 Å². The maximum absolute atomic E-state index is 10.6. The van der Waals surface area contributed by atoms with E-state index in [1.165, 1.54) is 6.92 Å². The molecule has 0 aliphatic rings. The van der Waals surface area contributed by atoms with Crippen molar-refractivity contribution in [3.05, 3.63) is 12.7 Å². The summed E-state index contributed by atoms with van der Waals surface area (Å²) in [5.74, 6) is -1.07. The second kappa shape index (κ2) is 5.35. The lowest BCUT2D eigenvalue weighted by atomic mass is 10.4. The van der Waals surface area contributed by atoms with E-state index in [0.29, 0.717) is 6.42 Å². The number of carbonyl (C=O) groups is 2. The van der Waals surface area contributed by atoms with Crippen molar-refractivity contribution in [2.75, 3.05) is 0 Å². The molecular weight excluding hydrogens is 160 g/mol. The van der Waals surface area contributed by atoms with Gasteiger partial charge in [0.2, 0.25) is 6.29 Å². The van der Waals surface area contributed by atoms with E-state index in [1.54, 1.807) is 6.92 Å². The Kier molecular flexibility index (Phi) is 4.76. The quantitative estimate of drug-likeness (QED) is 0.361. The summed E-state index contributed by atoms with van der Waals surface area (Å²) in [6, 6.07) is 0. The van der Waals surface area contributed by atoms with Gasteiger partial charge >= 0.3 is 11.9 Å². The van der Waals surface area contributed by atoms with Crippen molar-refractivity contribution in [1.82, 2.24) is 0 Å². The van der Waals surface area contributed by atoms with Crippen molar-refractivity contribution in [2.24, 2.45) is 0 Å². The molecule has 0 aliphatic carbocycles. The molecule has 0 rings (SSSR count). The zero-order chi connectivity index (χ0) is 9.56. The normalized spacial score (nSPS) is 11.5. The second-order valence-corrected chi connectivity index (χ2v) is 2.09. The van der Waals surface area contributed by atoms with E-state index in [-0.39, 0.29) is 0 Å². The Morgan fingerprint density at radius 2 is 2.08 bits per heavy atom. The molecule has 1 atom stereocenters. The van der Waals surface area contributed by atoms with Crippen LogP contribution < -0.4 is 0 Å². The molecule has 0 radical (unpaired) electrons. The van der Waals surface area contributed by atoms with Crippen LogP contribution in [0.3, 0.4) is 0 Å². The van der Waals surface area contributed by atoms with Crippen molar-refractivity contribution >= 4 is 11.9 Å². The van der Waals surface area contributed by atoms with E-state index in [2.05, 4.69) is 16.1 Å². The van der Waals surface area contributed by atoms with Gasteiger partial charge in [-0.15, -0.1) is 0 Å². The van der Waals surface area contributed by atoms with Gasteiger partial charge in [0.15, 0.2) is 0 Å². The molecule has 0 heterocycles. The molecule has 0 aromatic carbocycles. The van der Waals surface area contributed by atoms with Crippen LogP contribution in [0, 0.1) is 0 Å². The molecule has 0 aromatic heterocycles. The van der Waals surface area contributed by atoms with E-state index >= 15 is 0 Å². The molecule has 0 N–H and O–H groups in total.